The van der Waals surface area contributed by atoms with Crippen LogP contribution in [0.5, 0.6) is 0 Å². The topological polar surface area (TPSA) is 12.0 Å². The van der Waals surface area contributed by atoms with Crippen LogP contribution in [0.1, 0.15) is 49.3 Å². The molecule has 1 saturated carbocycles. The van der Waals surface area contributed by atoms with Crippen molar-refractivity contribution in [3.05, 3.63) is 35.4 Å². The second kappa shape index (κ2) is 3.84. The molecule has 1 aromatic carbocycles. The number of aryl methyl sites for hydroxylation is 1. The molecule has 4 rings (SSSR count). The van der Waals surface area contributed by atoms with E-state index in [1.54, 1.807) is 11.1 Å². The van der Waals surface area contributed by atoms with E-state index in [-0.39, 0.29) is 0 Å². The van der Waals surface area contributed by atoms with Gasteiger partial charge in [0.05, 0.1) is 0 Å². The maximum atomic E-state index is 3.95. The number of nitrogens with one attached hydrogen (secondary N) is 1. The Kier molecular flexibility index (Phi) is 2.29. The first kappa shape index (κ1) is 10.1. The Morgan fingerprint density at radius 1 is 0.941 bits per heavy atom. The number of hydrogen-bond acceptors (Lipinski definition) is 1. The highest BCUT2D eigenvalue weighted by molar-refractivity contribution is 5.34. The summed E-state index contributed by atoms with van der Waals surface area (Å²) in [5.41, 5.74) is 3.21. The Labute approximate surface area is 104 Å². The normalized spacial score (nSPS) is 39.3. The van der Waals surface area contributed by atoms with E-state index in [2.05, 4.69) is 29.6 Å². The third-order valence-electron chi connectivity index (χ3n) is 5.33. The molecule has 1 N–H and O–H groups in total. The van der Waals surface area contributed by atoms with Crippen molar-refractivity contribution >= 4 is 0 Å². The lowest BCUT2D eigenvalue weighted by molar-refractivity contribution is 0.252. The van der Waals surface area contributed by atoms with Crippen LogP contribution in [-0.2, 0) is 6.42 Å². The van der Waals surface area contributed by atoms with Crippen molar-refractivity contribution in [3.63, 3.8) is 0 Å². The van der Waals surface area contributed by atoms with Gasteiger partial charge in [-0.15, -0.1) is 0 Å². The Morgan fingerprint density at radius 3 is 2.82 bits per heavy atom. The zero-order chi connectivity index (χ0) is 11.2. The third kappa shape index (κ3) is 1.48. The monoisotopic (exact) mass is 227 g/mol. The molecule has 4 atom stereocenters. The Bertz CT molecular complexity index is 425. The molecule has 0 radical (unpaired) electrons. The zero-order valence-corrected chi connectivity index (χ0v) is 10.4. The van der Waals surface area contributed by atoms with Gasteiger partial charge in [-0.25, -0.2) is 0 Å². The van der Waals surface area contributed by atoms with E-state index in [1.165, 1.54) is 38.5 Å². The average molecular weight is 227 g/mol. The van der Waals surface area contributed by atoms with E-state index >= 15 is 0 Å². The van der Waals surface area contributed by atoms with Crippen LogP contribution in [0.25, 0.3) is 0 Å². The van der Waals surface area contributed by atoms with E-state index < -0.39 is 0 Å². The molecule has 2 aliphatic carbocycles. The lowest BCUT2D eigenvalue weighted by atomic mass is 9.72. The van der Waals surface area contributed by atoms with E-state index in [0.717, 1.165) is 17.9 Å². The molecule has 2 fully saturated rings. The highest BCUT2D eigenvalue weighted by Gasteiger charge is 2.45. The fourth-order valence-electron chi connectivity index (χ4n) is 4.57. The maximum absolute atomic E-state index is 3.95. The van der Waals surface area contributed by atoms with Gasteiger partial charge in [0, 0.05) is 12.1 Å². The molecule has 3 aliphatic rings. The van der Waals surface area contributed by atoms with Crippen molar-refractivity contribution in [2.24, 2.45) is 11.8 Å². The molecule has 1 heteroatoms. The minimum absolute atomic E-state index is 0.674. The van der Waals surface area contributed by atoms with E-state index in [9.17, 15) is 0 Å². The molecular weight excluding hydrogens is 206 g/mol. The smallest absolute Gasteiger partial charge is 0.0357 e. The first-order valence-electron chi connectivity index (χ1n) is 7.27. The van der Waals surface area contributed by atoms with Crippen LogP contribution in [0.4, 0.5) is 0 Å². The van der Waals surface area contributed by atoms with Gasteiger partial charge in [0.15, 0.2) is 0 Å². The summed E-state index contributed by atoms with van der Waals surface area (Å²) in [4.78, 5) is 0. The van der Waals surface area contributed by atoms with Crippen molar-refractivity contribution in [1.29, 1.82) is 0 Å². The SMILES string of the molecule is c1ccc2c(c1)CCC1C2NC2CCCCC21. The molecular formula is C16H21N. The van der Waals surface area contributed by atoms with Gasteiger partial charge in [0.25, 0.3) is 0 Å². The van der Waals surface area contributed by atoms with E-state index in [4.69, 9.17) is 0 Å². The van der Waals surface area contributed by atoms with Gasteiger partial charge in [-0.05, 0) is 48.6 Å². The van der Waals surface area contributed by atoms with Gasteiger partial charge in [-0.2, -0.15) is 0 Å². The van der Waals surface area contributed by atoms with Gasteiger partial charge in [0.1, 0.15) is 0 Å². The average Bonchev–Trinajstić information content (AvgIpc) is 2.78. The molecule has 1 aliphatic heterocycles. The van der Waals surface area contributed by atoms with E-state index in [0.29, 0.717) is 6.04 Å². The number of benzene rings is 1. The van der Waals surface area contributed by atoms with E-state index in [1.807, 2.05) is 0 Å². The predicted octanol–water partition coefficient (Wildman–Crippen LogP) is 3.45. The molecule has 1 saturated heterocycles. The zero-order valence-electron chi connectivity index (χ0n) is 10.4. The highest BCUT2D eigenvalue weighted by atomic mass is 15.0. The Balaban J connectivity index is 1.71. The summed E-state index contributed by atoms with van der Waals surface area (Å²) in [6.45, 7) is 0. The molecule has 0 bridgehead atoms. The van der Waals surface area contributed by atoms with Crippen LogP contribution in [0, 0.1) is 11.8 Å². The lowest BCUT2D eigenvalue weighted by Crippen LogP contribution is -2.30. The molecule has 0 amide bonds. The van der Waals surface area contributed by atoms with Crippen molar-refractivity contribution in [1.82, 2.24) is 5.32 Å². The highest BCUT2D eigenvalue weighted by Crippen LogP contribution is 2.48. The van der Waals surface area contributed by atoms with Crippen molar-refractivity contribution in [3.8, 4) is 0 Å². The van der Waals surface area contributed by atoms with Crippen LogP contribution in [0.2, 0.25) is 0 Å². The second-order valence-electron chi connectivity index (χ2n) is 6.10. The first-order valence-corrected chi connectivity index (χ1v) is 7.27. The summed E-state index contributed by atoms with van der Waals surface area (Å²) >= 11 is 0. The minimum atomic E-state index is 0.674. The summed E-state index contributed by atoms with van der Waals surface area (Å²) in [5.74, 6) is 1.90. The molecule has 1 aromatic rings. The summed E-state index contributed by atoms with van der Waals surface area (Å²) in [7, 11) is 0. The Morgan fingerprint density at radius 2 is 1.82 bits per heavy atom. The fourth-order valence-corrected chi connectivity index (χ4v) is 4.57. The molecule has 0 spiro atoms. The van der Waals surface area contributed by atoms with Crippen LogP contribution in [0.3, 0.4) is 0 Å². The molecule has 0 aromatic heterocycles. The van der Waals surface area contributed by atoms with Crippen LogP contribution >= 0.6 is 0 Å². The van der Waals surface area contributed by atoms with Gasteiger partial charge >= 0.3 is 0 Å². The number of rotatable bonds is 0. The van der Waals surface area contributed by atoms with Crippen LogP contribution < -0.4 is 5.32 Å². The van der Waals surface area contributed by atoms with Crippen molar-refractivity contribution in [2.75, 3.05) is 0 Å². The summed E-state index contributed by atoms with van der Waals surface area (Å²) < 4.78 is 0. The number of hydrogen-bond donors (Lipinski definition) is 1. The lowest BCUT2D eigenvalue weighted by Gasteiger charge is -2.32. The van der Waals surface area contributed by atoms with Crippen LogP contribution in [-0.4, -0.2) is 6.04 Å². The van der Waals surface area contributed by atoms with Gasteiger partial charge in [-0.3, -0.25) is 0 Å². The van der Waals surface area contributed by atoms with Crippen LogP contribution in [0.15, 0.2) is 24.3 Å². The molecule has 1 heterocycles. The second-order valence-corrected chi connectivity index (χ2v) is 6.10. The predicted molar refractivity (Wildman–Crippen MR) is 69.9 cm³/mol. The standard InChI is InChI=1S/C16H21N/c1-2-6-12-11(5-1)9-10-14-13-7-3-4-8-15(13)17-16(12)14/h1-2,5-6,13-17H,3-4,7-10H2. The fraction of sp³-hybridized carbons (Fsp3) is 0.625. The maximum Gasteiger partial charge on any atom is 0.0357 e. The minimum Gasteiger partial charge on any atom is -0.307 e. The molecule has 1 nitrogen and oxygen atoms in total. The molecule has 17 heavy (non-hydrogen) atoms. The van der Waals surface area contributed by atoms with Gasteiger partial charge in [-0.1, -0.05) is 37.1 Å². The Hall–Kier alpha value is -0.820. The summed E-state index contributed by atoms with van der Waals surface area (Å²) in [5, 5.41) is 3.95. The van der Waals surface area contributed by atoms with Gasteiger partial charge < -0.3 is 5.32 Å². The van der Waals surface area contributed by atoms with Gasteiger partial charge in [0.2, 0.25) is 0 Å². The van der Waals surface area contributed by atoms with Crippen molar-refractivity contribution < 1.29 is 0 Å². The van der Waals surface area contributed by atoms with Crippen molar-refractivity contribution in [2.45, 2.75) is 50.6 Å². The summed E-state index contributed by atoms with van der Waals surface area (Å²) in [6, 6.07) is 10.6. The molecule has 90 valence electrons. The quantitative estimate of drug-likeness (QED) is 0.716. The first-order chi connectivity index (χ1) is 8.43. The largest absolute Gasteiger partial charge is 0.307 e. The third-order valence-corrected chi connectivity index (χ3v) is 5.33. The number of fused-ring (bicyclic) bond motifs is 5. The molecule has 4 unspecified atom stereocenters. The summed E-state index contributed by atoms with van der Waals surface area (Å²) in [6.07, 6.45) is 8.52.